The Hall–Kier alpha value is -1.66. The zero-order valence-corrected chi connectivity index (χ0v) is 12.6. The van der Waals surface area contributed by atoms with E-state index in [1.807, 2.05) is 0 Å². The lowest BCUT2D eigenvalue weighted by atomic mass is 10.1. The molecule has 0 saturated heterocycles. The van der Waals surface area contributed by atoms with Crippen LogP contribution in [-0.2, 0) is 19.1 Å². The van der Waals surface area contributed by atoms with E-state index in [-0.39, 0.29) is 37.2 Å². The Labute approximate surface area is 125 Å². The minimum atomic E-state index is -0.647. The average Bonchev–Trinajstić information content (AvgIpc) is 2.36. The third-order valence-electron chi connectivity index (χ3n) is 2.42. The molecule has 0 heterocycles. The highest BCUT2D eigenvalue weighted by Crippen LogP contribution is 2.07. The first-order valence-corrected chi connectivity index (χ1v) is 6.80. The van der Waals surface area contributed by atoms with E-state index in [0.29, 0.717) is 6.42 Å². The summed E-state index contributed by atoms with van der Waals surface area (Å²) in [4.78, 5) is 22.8. The number of aliphatic hydroxyl groups is 2. The molecule has 0 aromatic rings. The highest BCUT2D eigenvalue weighted by Gasteiger charge is 2.12. The van der Waals surface area contributed by atoms with E-state index < -0.39 is 24.1 Å². The topological polar surface area (TPSA) is 93.1 Å². The van der Waals surface area contributed by atoms with E-state index in [4.69, 9.17) is 19.7 Å². The van der Waals surface area contributed by atoms with E-state index in [1.165, 1.54) is 0 Å². The molecule has 0 spiro atoms. The third kappa shape index (κ3) is 9.81. The Bertz CT molecular complexity index is 348. The second kappa shape index (κ2) is 10.1. The molecule has 0 aromatic heterocycles. The molecular weight excluding hydrogens is 276 g/mol. The van der Waals surface area contributed by atoms with Gasteiger partial charge in [-0.1, -0.05) is 13.2 Å². The molecule has 2 atom stereocenters. The number of rotatable bonds is 10. The van der Waals surface area contributed by atoms with Crippen LogP contribution < -0.4 is 0 Å². The minimum Gasteiger partial charge on any atom is -0.462 e. The van der Waals surface area contributed by atoms with Crippen molar-refractivity contribution in [2.24, 2.45) is 0 Å². The van der Waals surface area contributed by atoms with Gasteiger partial charge in [-0.3, -0.25) is 0 Å². The first kappa shape index (κ1) is 19.3. The third-order valence-corrected chi connectivity index (χ3v) is 2.42. The second-order valence-electron chi connectivity index (χ2n) is 4.94. The van der Waals surface area contributed by atoms with Gasteiger partial charge in [0.15, 0.2) is 0 Å². The van der Waals surface area contributed by atoms with Gasteiger partial charge in [-0.25, -0.2) is 9.59 Å². The fraction of sp³-hybridized carbons (Fsp3) is 0.600. The largest absolute Gasteiger partial charge is 0.462 e. The second-order valence-corrected chi connectivity index (χ2v) is 4.94. The summed E-state index contributed by atoms with van der Waals surface area (Å²) < 4.78 is 9.82. The van der Waals surface area contributed by atoms with Crippen LogP contribution in [0.2, 0.25) is 0 Å². The number of hydrogen-bond acceptors (Lipinski definition) is 6. The van der Waals surface area contributed by atoms with Gasteiger partial charge in [0.2, 0.25) is 0 Å². The SMILES string of the molecule is C=C(CC(C)O)C(=O)OCCCOC(=O)C(=C)CC(C)O. The van der Waals surface area contributed by atoms with Crippen LogP contribution in [0.5, 0.6) is 0 Å². The summed E-state index contributed by atoms with van der Waals surface area (Å²) in [5.41, 5.74) is 0.402. The van der Waals surface area contributed by atoms with Crippen LogP contribution in [0, 0.1) is 0 Å². The van der Waals surface area contributed by atoms with Crippen molar-refractivity contribution in [3.63, 3.8) is 0 Å². The van der Waals surface area contributed by atoms with E-state index in [0.717, 1.165) is 0 Å². The van der Waals surface area contributed by atoms with Gasteiger partial charge < -0.3 is 19.7 Å². The Morgan fingerprint density at radius 1 is 0.905 bits per heavy atom. The summed E-state index contributed by atoms with van der Waals surface area (Å²) in [6, 6.07) is 0. The van der Waals surface area contributed by atoms with Crippen LogP contribution in [0.15, 0.2) is 24.3 Å². The predicted molar refractivity (Wildman–Crippen MR) is 77.4 cm³/mol. The molecule has 0 aliphatic rings. The highest BCUT2D eigenvalue weighted by molar-refractivity contribution is 5.88. The molecule has 0 amide bonds. The summed E-state index contributed by atoms with van der Waals surface area (Å²) in [6.07, 6.45) is -0.627. The normalized spacial score (nSPS) is 13.1. The zero-order chi connectivity index (χ0) is 16.4. The lowest BCUT2D eigenvalue weighted by Crippen LogP contribution is -2.15. The van der Waals surface area contributed by atoms with Crippen LogP contribution in [0.4, 0.5) is 0 Å². The molecule has 21 heavy (non-hydrogen) atoms. The molecule has 0 aliphatic carbocycles. The summed E-state index contributed by atoms with van der Waals surface area (Å²) >= 11 is 0. The van der Waals surface area contributed by atoms with Gasteiger partial charge in [-0.15, -0.1) is 0 Å². The minimum absolute atomic E-state index is 0.0911. The van der Waals surface area contributed by atoms with Gasteiger partial charge in [0.05, 0.1) is 25.4 Å². The summed E-state index contributed by atoms with van der Waals surface area (Å²) in [7, 11) is 0. The number of carbonyl (C=O) groups excluding carboxylic acids is 2. The maximum absolute atomic E-state index is 11.4. The Kier molecular flexibility index (Phi) is 9.32. The van der Waals surface area contributed by atoms with Crippen molar-refractivity contribution >= 4 is 11.9 Å². The standard InChI is InChI=1S/C15H24O6/c1-10(8-12(3)16)14(18)20-6-5-7-21-15(19)11(2)9-13(4)17/h12-13,16-17H,1-2,5-9H2,3-4H3. The highest BCUT2D eigenvalue weighted by atomic mass is 16.5. The molecule has 120 valence electrons. The Balaban J connectivity index is 3.77. The van der Waals surface area contributed by atoms with E-state index in [1.54, 1.807) is 13.8 Å². The molecule has 6 heteroatoms. The van der Waals surface area contributed by atoms with Gasteiger partial charge >= 0.3 is 11.9 Å². The van der Waals surface area contributed by atoms with Crippen LogP contribution in [0.1, 0.15) is 33.1 Å². The molecule has 0 saturated carbocycles. The van der Waals surface area contributed by atoms with Crippen molar-refractivity contribution < 1.29 is 29.3 Å². The molecular formula is C15H24O6. The molecule has 0 bridgehead atoms. The molecule has 0 radical (unpaired) electrons. The molecule has 0 rings (SSSR count). The van der Waals surface area contributed by atoms with E-state index in [9.17, 15) is 9.59 Å². The molecule has 0 fully saturated rings. The summed E-state index contributed by atoms with van der Waals surface area (Å²) in [6.45, 7) is 10.3. The first-order valence-electron chi connectivity index (χ1n) is 6.80. The van der Waals surface area contributed by atoms with Crippen LogP contribution in [0.3, 0.4) is 0 Å². The van der Waals surface area contributed by atoms with E-state index in [2.05, 4.69) is 13.2 Å². The fourth-order valence-corrected chi connectivity index (χ4v) is 1.47. The lowest BCUT2D eigenvalue weighted by Gasteiger charge is -2.10. The van der Waals surface area contributed by atoms with Gasteiger partial charge in [0, 0.05) is 30.4 Å². The maximum atomic E-state index is 11.4. The Morgan fingerprint density at radius 2 is 1.24 bits per heavy atom. The monoisotopic (exact) mass is 300 g/mol. The van der Waals surface area contributed by atoms with Crippen molar-refractivity contribution in [2.75, 3.05) is 13.2 Å². The van der Waals surface area contributed by atoms with Gasteiger partial charge in [-0.2, -0.15) is 0 Å². The molecule has 0 aromatic carbocycles. The fourth-order valence-electron chi connectivity index (χ4n) is 1.47. The van der Waals surface area contributed by atoms with Crippen LogP contribution in [-0.4, -0.2) is 47.6 Å². The van der Waals surface area contributed by atoms with Crippen LogP contribution in [0.25, 0.3) is 0 Å². The van der Waals surface area contributed by atoms with E-state index >= 15 is 0 Å². The van der Waals surface area contributed by atoms with Gasteiger partial charge in [0.25, 0.3) is 0 Å². The Morgan fingerprint density at radius 3 is 1.52 bits per heavy atom. The smallest absolute Gasteiger partial charge is 0.333 e. The molecule has 6 nitrogen and oxygen atoms in total. The first-order chi connectivity index (χ1) is 9.73. The average molecular weight is 300 g/mol. The zero-order valence-electron chi connectivity index (χ0n) is 12.6. The van der Waals surface area contributed by atoms with Crippen LogP contribution >= 0.6 is 0 Å². The number of carbonyl (C=O) groups is 2. The van der Waals surface area contributed by atoms with Crippen molar-refractivity contribution in [2.45, 2.75) is 45.3 Å². The molecule has 2 N–H and O–H groups in total. The molecule has 2 unspecified atom stereocenters. The van der Waals surface area contributed by atoms with Crippen molar-refractivity contribution in [3.05, 3.63) is 24.3 Å². The number of hydrogen-bond donors (Lipinski definition) is 2. The predicted octanol–water partition coefficient (Wildman–Crippen LogP) is 1.12. The molecule has 0 aliphatic heterocycles. The number of ether oxygens (including phenoxy) is 2. The van der Waals surface area contributed by atoms with Gasteiger partial charge in [-0.05, 0) is 13.8 Å². The maximum Gasteiger partial charge on any atom is 0.333 e. The summed E-state index contributed by atoms with van der Waals surface area (Å²) in [5, 5.41) is 18.2. The van der Waals surface area contributed by atoms with Crippen molar-refractivity contribution in [1.29, 1.82) is 0 Å². The number of aliphatic hydroxyl groups excluding tert-OH is 2. The van der Waals surface area contributed by atoms with Crippen molar-refractivity contribution in [1.82, 2.24) is 0 Å². The van der Waals surface area contributed by atoms with Crippen molar-refractivity contribution in [3.8, 4) is 0 Å². The summed E-state index contributed by atoms with van der Waals surface area (Å²) in [5.74, 6) is -1.14. The quantitative estimate of drug-likeness (QED) is 0.357. The number of esters is 2. The lowest BCUT2D eigenvalue weighted by molar-refractivity contribution is -0.141. The van der Waals surface area contributed by atoms with Gasteiger partial charge in [0.1, 0.15) is 0 Å².